The molecule has 0 aliphatic carbocycles. The molecule has 0 aliphatic heterocycles. The van der Waals surface area contributed by atoms with E-state index in [9.17, 15) is 0 Å². The largest absolute Gasteiger partial charge is 0.439 e. The minimum Gasteiger partial charge on any atom is -0.439 e. The number of nitrogens with zero attached hydrogens (tertiary/aromatic N) is 4. The second-order valence-corrected chi connectivity index (χ2v) is 7.29. The van der Waals surface area contributed by atoms with Crippen LogP contribution in [0.25, 0.3) is 5.69 Å². The summed E-state index contributed by atoms with van der Waals surface area (Å²) in [6.07, 6.45) is 4.95. The summed E-state index contributed by atoms with van der Waals surface area (Å²) in [5.41, 5.74) is 4.49. The van der Waals surface area contributed by atoms with Gasteiger partial charge in [0.25, 0.3) is 0 Å². The van der Waals surface area contributed by atoms with Gasteiger partial charge in [0.2, 0.25) is 5.88 Å². The lowest BCUT2D eigenvalue weighted by molar-refractivity contribution is 0.461. The minimum absolute atomic E-state index is 0.0871. The molecule has 0 aliphatic rings. The molecule has 0 atom stereocenters. The van der Waals surface area contributed by atoms with Crippen LogP contribution in [0.15, 0.2) is 79.3 Å². The SMILES string of the molecule is Cc1ccc(C(C)(C)c2ccc(Oc3cc(-n4nccn4)ccn3)cc2)cc1. The van der Waals surface area contributed by atoms with Gasteiger partial charge in [0, 0.05) is 17.7 Å². The van der Waals surface area contributed by atoms with Crippen molar-refractivity contribution in [2.24, 2.45) is 0 Å². The molecular weight excluding hydrogens is 348 g/mol. The minimum atomic E-state index is -0.0871. The van der Waals surface area contributed by atoms with Gasteiger partial charge in [-0.3, -0.25) is 0 Å². The summed E-state index contributed by atoms with van der Waals surface area (Å²) in [4.78, 5) is 5.81. The Balaban J connectivity index is 1.54. The zero-order valence-corrected chi connectivity index (χ0v) is 16.2. The first-order valence-electron chi connectivity index (χ1n) is 9.21. The van der Waals surface area contributed by atoms with E-state index in [1.165, 1.54) is 21.5 Å². The summed E-state index contributed by atoms with van der Waals surface area (Å²) in [5.74, 6) is 1.24. The van der Waals surface area contributed by atoms with Crippen molar-refractivity contribution in [2.45, 2.75) is 26.2 Å². The third-order valence-electron chi connectivity index (χ3n) is 4.94. The quantitative estimate of drug-likeness (QED) is 0.491. The van der Waals surface area contributed by atoms with Crippen molar-refractivity contribution in [2.75, 3.05) is 0 Å². The molecule has 0 radical (unpaired) electrons. The zero-order valence-electron chi connectivity index (χ0n) is 16.2. The van der Waals surface area contributed by atoms with E-state index in [4.69, 9.17) is 4.74 Å². The van der Waals surface area contributed by atoms with E-state index in [2.05, 4.69) is 72.4 Å². The maximum Gasteiger partial charge on any atom is 0.221 e. The Bertz CT molecular complexity index is 1050. The number of hydrogen-bond acceptors (Lipinski definition) is 4. The molecule has 28 heavy (non-hydrogen) atoms. The third-order valence-corrected chi connectivity index (χ3v) is 4.94. The first-order chi connectivity index (χ1) is 13.5. The van der Waals surface area contributed by atoms with Crippen molar-refractivity contribution in [3.63, 3.8) is 0 Å². The van der Waals surface area contributed by atoms with Crippen LogP contribution in [0.3, 0.4) is 0 Å². The fourth-order valence-corrected chi connectivity index (χ4v) is 3.13. The third kappa shape index (κ3) is 3.64. The van der Waals surface area contributed by atoms with Crippen LogP contribution < -0.4 is 4.74 Å². The van der Waals surface area contributed by atoms with Gasteiger partial charge in [0.1, 0.15) is 5.75 Å². The fourth-order valence-electron chi connectivity index (χ4n) is 3.13. The van der Waals surface area contributed by atoms with Crippen LogP contribution >= 0.6 is 0 Å². The van der Waals surface area contributed by atoms with Gasteiger partial charge < -0.3 is 4.74 Å². The maximum absolute atomic E-state index is 5.93. The Morgan fingerprint density at radius 1 is 0.786 bits per heavy atom. The summed E-state index contributed by atoms with van der Waals surface area (Å²) in [6, 6.07) is 20.5. The van der Waals surface area contributed by atoms with Crippen LogP contribution in [0, 0.1) is 6.92 Å². The Kier molecular flexibility index (Phi) is 4.65. The van der Waals surface area contributed by atoms with Gasteiger partial charge in [-0.05, 0) is 36.2 Å². The molecule has 5 heteroatoms. The molecule has 0 N–H and O–H groups in total. The van der Waals surface area contributed by atoms with Crippen LogP contribution in [-0.4, -0.2) is 20.0 Å². The van der Waals surface area contributed by atoms with Crippen LogP contribution in [0.5, 0.6) is 11.6 Å². The molecule has 4 rings (SSSR count). The van der Waals surface area contributed by atoms with Gasteiger partial charge >= 0.3 is 0 Å². The predicted octanol–water partition coefficient (Wildman–Crippen LogP) is 5.09. The number of hydrogen-bond donors (Lipinski definition) is 0. The van der Waals surface area contributed by atoms with Gasteiger partial charge in [0.05, 0.1) is 18.1 Å². The molecule has 5 nitrogen and oxygen atoms in total. The van der Waals surface area contributed by atoms with Gasteiger partial charge in [-0.2, -0.15) is 15.0 Å². The Morgan fingerprint density at radius 2 is 1.39 bits per heavy atom. The summed E-state index contributed by atoms with van der Waals surface area (Å²) >= 11 is 0. The zero-order chi connectivity index (χ0) is 19.6. The van der Waals surface area contributed by atoms with Crippen molar-refractivity contribution in [1.29, 1.82) is 0 Å². The van der Waals surface area contributed by atoms with Gasteiger partial charge in [-0.1, -0.05) is 55.8 Å². The highest BCUT2D eigenvalue weighted by Gasteiger charge is 2.22. The van der Waals surface area contributed by atoms with Crippen LogP contribution in [0.4, 0.5) is 0 Å². The molecule has 2 aromatic carbocycles. The van der Waals surface area contributed by atoms with Gasteiger partial charge in [-0.15, -0.1) is 0 Å². The van der Waals surface area contributed by atoms with Crippen molar-refractivity contribution in [1.82, 2.24) is 20.0 Å². The van der Waals surface area contributed by atoms with Crippen molar-refractivity contribution in [3.8, 4) is 17.3 Å². The normalized spacial score (nSPS) is 11.4. The molecule has 0 saturated heterocycles. The summed E-state index contributed by atoms with van der Waals surface area (Å²) in [5, 5.41) is 8.26. The van der Waals surface area contributed by atoms with Gasteiger partial charge in [-0.25, -0.2) is 4.98 Å². The molecule has 0 unspecified atom stereocenters. The van der Waals surface area contributed by atoms with E-state index in [1.54, 1.807) is 18.6 Å². The molecular formula is C23H22N4O. The molecule has 0 saturated carbocycles. The second-order valence-electron chi connectivity index (χ2n) is 7.29. The second kappa shape index (κ2) is 7.27. The monoisotopic (exact) mass is 370 g/mol. The van der Waals surface area contributed by atoms with Crippen LogP contribution in [0.1, 0.15) is 30.5 Å². The van der Waals surface area contributed by atoms with E-state index in [0.717, 1.165) is 11.4 Å². The maximum atomic E-state index is 5.93. The van der Waals surface area contributed by atoms with E-state index < -0.39 is 0 Å². The Morgan fingerprint density at radius 3 is 2.04 bits per heavy atom. The van der Waals surface area contributed by atoms with Crippen LogP contribution in [-0.2, 0) is 5.41 Å². The smallest absolute Gasteiger partial charge is 0.221 e. The highest BCUT2D eigenvalue weighted by Crippen LogP contribution is 2.33. The molecule has 0 amide bonds. The number of aryl methyl sites for hydroxylation is 1. The van der Waals surface area contributed by atoms with E-state index >= 15 is 0 Å². The number of rotatable bonds is 5. The predicted molar refractivity (Wildman–Crippen MR) is 109 cm³/mol. The van der Waals surface area contributed by atoms with Gasteiger partial charge in [0.15, 0.2) is 0 Å². The number of pyridine rings is 1. The number of ether oxygens (including phenoxy) is 1. The highest BCUT2D eigenvalue weighted by atomic mass is 16.5. The summed E-state index contributed by atoms with van der Waals surface area (Å²) < 4.78 is 5.93. The van der Waals surface area contributed by atoms with Crippen molar-refractivity contribution < 1.29 is 4.74 Å². The average molecular weight is 370 g/mol. The first kappa shape index (κ1) is 17.9. The lowest BCUT2D eigenvalue weighted by Crippen LogP contribution is -2.18. The molecule has 2 heterocycles. The standard InChI is InChI=1S/C23H22N4O/c1-17-4-6-18(7-5-17)23(2,3)19-8-10-21(11-9-19)28-22-16-20(12-13-24-22)27-25-14-15-26-27/h4-16H,1-3H3. The molecule has 2 aromatic heterocycles. The average Bonchev–Trinajstić information content (AvgIpc) is 3.24. The topological polar surface area (TPSA) is 52.8 Å². The molecule has 140 valence electrons. The Labute approximate surface area is 164 Å². The lowest BCUT2D eigenvalue weighted by Gasteiger charge is -2.26. The number of aromatic nitrogens is 4. The van der Waals surface area contributed by atoms with Crippen molar-refractivity contribution in [3.05, 3.63) is 95.9 Å². The highest BCUT2D eigenvalue weighted by molar-refractivity contribution is 5.42. The molecule has 0 fully saturated rings. The van der Waals surface area contributed by atoms with Crippen LogP contribution in [0.2, 0.25) is 0 Å². The van der Waals surface area contributed by atoms with E-state index in [-0.39, 0.29) is 5.41 Å². The lowest BCUT2D eigenvalue weighted by atomic mass is 9.78. The first-order valence-corrected chi connectivity index (χ1v) is 9.21. The molecule has 0 bridgehead atoms. The Hall–Kier alpha value is -3.47. The number of benzene rings is 2. The van der Waals surface area contributed by atoms with E-state index in [1.807, 2.05) is 24.3 Å². The summed E-state index contributed by atoms with van der Waals surface area (Å²) in [7, 11) is 0. The molecule has 0 spiro atoms. The fraction of sp³-hybridized carbons (Fsp3) is 0.174. The van der Waals surface area contributed by atoms with E-state index in [0.29, 0.717) is 5.88 Å². The van der Waals surface area contributed by atoms with Crippen molar-refractivity contribution >= 4 is 0 Å². The summed E-state index contributed by atoms with van der Waals surface area (Å²) in [6.45, 7) is 6.57. The molecule has 4 aromatic rings.